The SMILES string of the molecule is COc1ccc(Nc2nc(N)nc(CSc3nc(-c4ccc(C)cc4)c(C#N)c(=O)[nH]3)n2)cc1. The van der Waals surface area contributed by atoms with Crippen LogP contribution in [-0.4, -0.2) is 32.0 Å². The average Bonchev–Trinajstić information content (AvgIpc) is 2.83. The van der Waals surface area contributed by atoms with Gasteiger partial charge in [0.25, 0.3) is 5.56 Å². The molecule has 0 aliphatic heterocycles. The highest BCUT2D eigenvalue weighted by Crippen LogP contribution is 2.24. The van der Waals surface area contributed by atoms with Gasteiger partial charge >= 0.3 is 0 Å². The maximum absolute atomic E-state index is 12.5. The summed E-state index contributed by atoms with van der Waals surface area (Å²) in [6.45, 7) is 1.96. The van der Waals surface area contributed by atoms with E-state index in [2.05, 4.69) is 30.2 Å². The third-order valence-corrected chi connectivity index (χ3v) is 5.59. The molecule has 0 atom stereocenters. The van der Waals surface area contributed by atoms with Crippen LogP contribution in [0.3, 0.4) is 0 Å². The van der Waals surface area contributed by atoms with E-state index in [0.717, 1.165) is 17.0 Å². The highest BCUT2D eigenvalue weighted by atomic mass is 32.2. The quantitative estimate of drug-likeness (QED) is 0.269. The van der Waals surface area contributed by atoms with Crippen molar-refractivity contribution in [2.24, 2.45) is 0 Å². The number of nitrogens with one attached hydrogen (secondary N) is 2. The molecule has 34 heavy (non-hydrogen) atoms. The van der Waals surface area contributed by atoms with Gasteiger partial charge in [-0.1, -0.05) is 41.6 Å². The number of nitrogens with two attached hydrogens (primary N) is 1. The fraction of sp³-hybridized carbons (Fsp3) is 0.130. The van der Waals surface area contributed by atoms with Crippen LogP contribution in [0.15, 0.2) is 58.5 Å². The van der Waals surface area contributed by atoms with E-state index in [0.29, 0.717) is 22.2 Å². The minimum Gasteiger partial charge on any atom is -0.497 e. The standard InChI is InChI=1S/C23H20N8O2S/c1-13-3-5-14(6-4-13)19-17(11-24)20(32)30-23(29-19)34-12-18-27-21(25)31-22(28-18)26-15-7-9-16(33-2)10-8-15/h3-10H,12H2,1-2H3,(H,29,30,32)(H3,25,26,27,28,31). The molecule has 0 bridgehead atoms. The van der Waals surface area contributed by atoms with Crippen molar-refractivity contribution in [2.75, 3.05) is 18.2 Å². The summed E-state index contributed by atoms with van der Waals surface area (Å²) >= 11 is 1.22. The largest absolute Gasteiger partial charge is 0.497 e. The molecule has 0 saturated heterocycles. The maximum atomic E-state index is 12.5. The molecule has 2 heterocycles. The van der Waals surface area contributed by atoms with Gasteiger partial charge in [-0.15, -0.1) is 0 Å². The number of H-pyrrole nitrogens is 1. The number of rotatable bonds is 7. The Morgan fingerprint density at radius 1 is 1.09 bits per heavy atom. The fourth-order valence-corrected chi connectivity index (χ4v) is 3.76. The Labute approximate surface area is 199 Å². The molecule has 0 unspecified atom stereocenters. The second kappa shape index (κ2) is 10.0. The van der Waals surface area contributed by atoms with Crippen LogP contribution in [0, 0.1) is 18.3 Å². The van der Waals surface area contributed by atoms with E-state index >= 15 is 0 Å². The van der Waals surface area contributed by atoms with Gasteiger partial charge in [-0.3, -0.25) is 4.79 Å². The van der Waals surface area contributed by atoms with Crippen LogP contribution < -0.4 is 21.3 Å². The average molecular weight is 473 g/mol. The first-order valence-electron chi connectivity index (χ1n) is 10.1. The molecule has 0 aliphatic rings. The van der Waals surface area contributed by atoms with Gasteiger partial charge in [-0.2, -0.15) is 20.2 Å². The highest BCUT2D eigenvalue weighted by molar-refractivity contribution is 7.98. The predicted octanol–water partition coefficient (Wildman–Crippen LogP) is 3.43. The number of methoxy groups -OCH3 is 1. The van der Waals surface area contributed by atoms with Crippen LogP contribution in [0.1, 0.15) is 17.0 Å². The van der Waals surface area contributed by atoms with Crippen LogP contribution in [0.5, 0.6) is 5.75 Å². The molecule has 0 fully saturated rings. The Hall–Kier alpha value is -4.43. The van der Waals surface area contributed by atoms with Gasteiger partial charge in [0.1, 0.15) is 23.2 Å². The maximum Gasteiger partial charge on any atom is 0.270 e. The summed E-state index contributed by atoms with van der Waals surface area (Å²) in [5, 5.41) is 12.9. The number of benzene rings is 2. The molecule has 10 nitrogen and oxygen atoms in total. The topological polar surface area (TPSA) is 155 Å². The van der Waals surface area contributed by atoms with Crippen molar-refractivity contribution in [2.45, 2.75) is 17.8 Å². The number of nitriles is 1. The molecule has 0 saturated carbocycles. The number of nitrogens with zero attached hydrogens (tertiary/aromatic N) is 5. The molecule has 4 aromatic rings. The molecule has 2 aromatic heterocycles. The van der Waals surface area contributed by atoms with E-state index in [1.165, 1.54) is 11.8 Å². The lowest BCUT2D eigenvalue weighted by Crippen LogP contribution is -2.15. The van der Waals surface area contributed by atoms with Crippen molar-refractivity contribution in [3.63, 3.8) is 0 Å². The summed E-state index contributed by atoms with van der Waals surface area (Å²) in [5.74, 6) is 1.74. The number of nitrogen functional groups attached to an aromatic ring is 1. The summed E-state index contributed by atoms with van der Waals surface area (Å²) in [6, 6.07) is 16.7. The van der Waals surface area contributed by atoms with Crippen molar-refractivity contribution in [1.82, 2.24) is 24.9 Å². The van der Waals surface area contributed by atoms with Crippen molar-refractivity contribution >= 4 is 29.3 Å². The first kappa shape index (κ1) is 22.8. The summed E-state index contributed by atoms with van der Waals surface area (Å²) in [5.41, 5.74) is 8.14. The second-order valence-electron chi connectivity index (χ2n) is 7.15. The molecule has 0 amide bonds. The van der Waals surface area contributed by atoms with Crippen LogP contribution in [0.2, 0.25) is 0 Å². The summed E-state index contributed by atoms with van der Waals surface area (Å²) in [4.78, 5) is 32.3. The summed E-state index contributed by atoms with van der Waals surface area (Å²) in [6.07, 6.45) is 0. The van der Waals surface area contributed by atoms with Crippen LogP contribution in [0.4, 0.5) is 17.6 Å². The lowest BCUT2D eigenvalue weighted by molar-refractivity contribution is 0.415. The Morgan fingerprint density at radius 3 is 2.50 bits per heavy atom. The molecule has 11 heteroatoms. The molecule has 2 aromatic carbocycles. The Bertz CT molecular complexity index is 1410. The molecule has 170 valence electrons. The lowest BCUT2D eigenvalue weighted by atomic mass is 10.1. The Kier molecular flexibility index (Phi) is 6.70. The molecule has 0 aliphatic carbocycles. The van der Waals surface area contributed by atoms with Crippen molar-refractivity contribution < 1.29 is 4.74 Å². The van der Waals surface area contributed by atoms with E-state index < -0.39 is 5.56 Å². The van der Waals surface area contributed by atoms with E-state index in [-0.39, 0.29) is 23.2 Å². The van der Waals surface area contributed by atoms with Gasteiger partial charge in [-0.05, 0) is 31.2 Å². The zero-order valence-corrected chi connectivity index (χ0v) is 19.2. The predicted molar refractivity (Wildman–Crippen MR) is 130 cm³/mol. The minimum atomic E-state index is -0.507. The van der Waals surface area contributed by atoms with Crippen molar-refractivity contribution in [3.05, 3.63) is 75.8 Å². The summed E-state index contributed by atoms with van der Waals surface area (Å²) < 4.78 is 5.16. The molecular weight excluding hydrogens is 452 g/mol. The fourth-order valence-electron chi connectivity index (χ4n) is 3.04. The molecule has 0 radical (unpaired) electrons. The highest BCUT2D eigenvalue weighted by Gasteiger charge is 2.14. The molecule has 4 rings (SSSR count). The number of hydrogen-bond donors (Lipinski definition) is 3. The first-order chi connectivity index (χ1) is 16.4. The Morgan fingerprint density at radius 2 is 1.82 bits per heavy atom. The van der Waals surface area contributed by atoms with Gasteiger partial charge in [0, 0.05) is 11.3 Å². The number of aromatic amines is 1. The third kappa shape index (κ3) is 5.31. The molecule has 4 N–H and O–H groups in total. The van der Waals surface area contributed by atoms with E-state index in [9.17, 15) is 10.1 Å². The van der Waals surface area contributed by atoms with E-state index in [1.54, 1.807) is 7.11 Å². The van der Waals surface area contributed by atoms with Crippen LogP contribution in [0.25, 0.3) is 11.3 Å². The number of aromatic nitrogens is 5. The van der Waals surface area contributed by atoms with Gasteiger partial charge in [0.05, 0.1) is 18.6 Å². The second-order valence-corrected chi connectivity index (χ2v) is 8.11. The lowest BCUT2D eigenvalue weighted by Gasteiger charge is -2.09. The smallest absolute Gasteiger partial charge is 0.270 e. The van der Waals surface area contributed by atoms with Crippen LogP contribution in [-0.2, 0) is 5.75 Å². The van der Waals surface area contributed by atoms with Gasteiger partial charge < -0.3 is 20.8 Å². The number of aryl methyl sites for hydroxylation is 1. The van der Waals surface area contributed by atoms with E-state index in [4.69, 9.17) is 10.5 Å². The zero-order chi connectivity index (χ0) is 24.1. The summed E-state index contributed by atoms with van der Waals surface area (Å²) in [7, 11) is 1.60. The van der Waals surface area contributed by atoms with Crippen LogP contribution >= 0.6 is 11.8 Å². The van der Waals surface area contributed by atoms with Gasteiger partial charge in [-0.25, -0.2) is 4.98 Å². The van der Waals surface area contributed by atoms with Gasteiger partial charge in [0.2, 0.25) is 11.9 Å². The number of hydrogen-bond acceptors (Lipinski definition) is 10. The van der Waals surface area contributed by atoms with Crippen molar-refractivity contribution in [1.29, 1.82) is 5.26 Å². The molecule has 0 spiro atoms. The Balaban J connectivity index is 1.55. The minimum absolute atomic E-state index is 0.0383. The van der Waals surface area contributed by atoms with E-state index in [1.807, 2.05) is 61.5 Å². The number of ether oxygens (including phenoxy) is 1. The monoisotopic (exact) mass is 472 g/mol. The first-order valence-corrected chi connectivity index (χ1v) is 11.1. The number of thioether (sulfide) groups is 1. The third-order valence-electron chi connectivity index (χ3n) is 4.72. The normalized spacial score (nSPS) is 10.5. The van der Waals surface area contributed by atoms with Crippen molar-refractivity contribution in [3.8, 4) is 23.1 Å². The molecular formula is C23H20N8O2S. The zero-order valence-electron chi connectivity index (χ0n) is 18.4. The van der Waals surface area contributed by atoms with Gasteiger partial charge in [0.15, 0.2) is 5.16 Å². The number of anilines is 3.